The Balaban J connectivity index is 2.29. The van der Waals surface area contributed by atoms with Crippen molar-refractivity contribution in [1.82, 2.24) is 4.98 Å². The van der Waals surface area contributed by atoms with Crippen molar-refractivity contribution in [2.24, 2.45) is 5.73 Å². The molecule has 5 N–H and O–H groups in total. The Morgan fingerprint density at radius 2 is 2.16 bits per heavy atom. The van der Waals surface area contributed by atoms with Crippen molar-refractivity contribution < 1.29 is 9.90 Å². The Morgan fingerprint density at radius 3 is 2.79 bits per heavy atom. The monoisotopic (exact) mass is 266 g/mol. The van der Waals surface area contributed by atoms with E-state index in [-0.39, 0.29) is 12.5 Å². The van der Waals surface area contributed by atoms with Crippen molar-refractivity contribution in [3.63, 3.8) is 0 Å². The fourth-order valence-electron chi connectivity index (χ4n) is 1.56. The first-order chi connectivity index (χ1) is 9.26. The van der Waals surface area contributed by atoms with Crippen LogP contribution in [0.3, 0.4) is 0 Å². The molecule has 1 heterocycles. The smallest absolute Gasteiger partial charge is 0.225 e. The van der Waals surface area contributed by atoms with Crippen LogP contribution in [0.15, 0.2) is 18.3 Å². The SMILES string of the molecule is NCCC(=O)Nc1ccc(NCCCCCO)nc1. The lowest BCUT2D eigenvalue weighted by atomic mass is 10.2. The summed E-state index contributed by atoms with van der Waals surface area (Å²) in [7, 11) is 0. The molecule has 0 saturated carbocycles. The van der Waals surface area contributed by atoms with Gasteiger partial charge in [-0.1, -0.05) is 0 Å². The number of anilines is 2. The second-order valence-electron chi connectivity index (χ2n) is 4.23. The Hall–Kier alpha value is -1.66. The zero-order valence-electron chi connectivity index (χ0n) is 11.1. The molecule has 0 unspecified atom stereocenters. The number of pyridine rings is 1. The number of carbonyl (C=O) groups is 1. The van der Waals surface area contributed by atoms with Crippen molar-refractivity contribution in [3.8, 4) is 0 Å². The van der Waals surface area contributed by atoms with Gasteiger partial charge in [0.25, 0.3) is 0 Å². The van der Waals surface area contributed by atoms with Crippen LogP contribution in [0.25, 0.3) is 0 Å². The van der Waals surface area contributed by atoms with Gasteiger partial charge in [0.2, 0.25) is 5.91 Å². The highest BCUT2D eigenvalue weighted by atomic mass is 16.2. The van der Waals surface area contributed by atoms with Crippen LogP contribution in [0.1, 0.15) is 25.7 Å². The summed E-state index contributed by atoms with van der Waals surface area (Å²) in [5.74, 6) is 0.676. The van der Waals surface area contributed by atoms with Crippen LogP contribution in [0, 0.1) is 0 Å². The minimum absolute atomic E-state index is 0.103. The molecule has 0 spiro atoms. The molecule has 6 heteroatoms. The molecule has 1 aromatic rings. The van der Waals surface area contributed by atoms with Crippen LogP contribution < -0.4 is 16.4 Å². The van der Waals surface area contributed by atoms with Crippen molar-refractivity contribution in [2.45, 2.75) is 25.7 Å². The van der Waals surface area contributed by atoms with Crippen LogP contribution in [-0.2, 0) is 4.79 Å². The fraction of sp³-hybridized carbons (Fsp3) is 0.538. The molecule has 0 aromatic carbocycles. The molecule has 106 valence electrons. The van der Waals surface area contributed by atoms with Crippen LogP contribution in [0.5, 0.6) is 0 Å². The number of aliphatic hydroxyl groups excluding tert-OH is 1. The van der Waals surface area contributed by atoms with E-state index >= 15 is 0 Å². The van der Waals surface area contributed by atoms with Crippen molar-refractivity contribution in [2.75, 3.05) is 30.3 Å². The Bertz CT molecular complexity index is 367. The maximum absolute atomic E-state index is 11.3. The topological polar surface area (TPSA) is 100 Å². The number of nitrogens with one attached hydrogen (secondary N) is 2. The van der Waals surface area contributed by atoms with Crippen LogP contribution in [-0.4, -0.2) is 35.7 Å². The third kappa shape index (κ3) is 6.73. The standard InChI is InChI=1S/C13H22N4O2/c14-7-6-13(19)17-11-4-5-12(16-10-11)15-8-2-1-3-9-18/h4-5,10,18H,1-3,6-9,14H2,(H,15,16)(H,17,19). The van der Waals surface area contributed by atoms with E-state index in [1.54, 1.807) is 12.3 Å². The van der Waals surface area contributed by atoms with Gasteiger partial charge in [0.15, 0.2) is 0 Å². The fourth-order valence-corrected chi connectivity index (χ4v) is 1.56. The molecule has 0 aliphatic heterocycles. The van der Waals surface area contributed by atoms with Crippen LogP contribution in [0.4, 0.5) is 11.5 Å². The average Bonchev–Trinajstić information content (AvgIpc) is 2.41. The number of aromatic nitrogens is 1. The first-order valence-electron chi connectivity index (χ1n) is 6.57. The number of carbonyl (C=O) groups excluding carboxylic acids is 1. The molecule has 1 amide bonds. The summed E-state index contributed by atoms with van der Waals surface area (Å²) < 4.78 is 0. The highest BCUT2D eigenvalue weighted by Gasteiger charge is 2.01. The Morgan fingerprint density at radius 1 is 1.32 bits per heavy atom. The summed E-state index contributed by atoms with van der Waals surface area (Å²) in [6.07, 6.45) is 4.75. The third-order valence-corrected chi connectivity index (χ3v) is 2.56. The zero-order chi connectivity index (χ0) is 13.9. The summed E-state index contributed by atoms with van der Waals surface area (Å²) >= 11 is 0. The van der Waals surface area contributed by atoms with E-state index in [1.807, 2.05) is 6.07 Å². The minimum Gasteiger partial charge on any atom is -0.396 e. The van der Waals surface area contributed by atoms with Gasteiger partial charge in [0.05, 0.1) is 11.9 Å². The number of amides is 1. The molecule has 0 saturated heterocycles. The van der Waals surface area contributed by atoms with Gasteiger partial charge in [-0.3, -0.25) is 4.79 Å². The maximum Gasteiger partial charge on any atom is 0.225 e. The van der Waals surface area contributed by atoms with Gasteiger partial charge in [-0.05, 0) is 31.4 Å². The van der Waals surface area contributed by atoms with Gasteiger partial charge in [-0.2, -0.15) is 0 Å². The van der Waals surface area contributed by atoms with E-state index in [0.29, 0.717) is 18.7 Å². The zero-order valence-corrected chi connectivity index (χ0v) is 11.1. The van der Waals surface area contributed by atoms with Crippen LogP contribution >= 0.6 is 0 Å². The van der Waals surface area contributed by atoms with Gasteiger partial charge in [0, 0.05) is 26.1 Å². The first-order valence-corrected chi connectivity index (χ1v) is 6.57. The largest absolute Gasteiger partial charge is 0.396 e. The highest BCUT2D eigenvalue weighted by Crippen LogP contribution is 2.10. The highest BCUT2D eigenvalue weighted by molar-refractivity contribution is 5.90. The Kier molecular flexibility index (Phi) is 7.53. The third-order valence-electron chi connectivity index (χ3n) is 2.56. The van der Waals surface area contributed by atoms with Crippen molar-refractivity contribution >= 4 is 17.4 Å². The van der Waals surface area contributed by atoms with Crippen molar-refractivity contribution in [3.05, 3.63) is 18.3 Å². The second-order valence-corrected chi connectivity index (χ2v) is 4.23. The molecular weight excluding hydrogens is 244 g/mol. The number of hydrogen-bond donors (Lipinski definition) is 4. The molecule has 6 nitrogen and oxygen atoms in total. The lowest BCUT2D eigenvalue weighted by Gasteiger charge is -2.07. The van der Waals surface area contributed by atoms with Gasteiger partial charge in [-0.25, -0.2) is 4.98 Å². The van der Waals surface area contributed by atoms with E-state index in [4.69, 9.17) is 10.8 Å². The summed E-state index contributed by atoms with van der Waals surface area (Å²) in [4.78, 5) is 15.5. The van der Waals surface area contributed by atoms with Gasteiger partial charge in [-0.15, -0.1) is 0 Å². The minimum atomic E-state index is -0.103. The number of aliphatic hydroxyl groups is 1. The van der Waals surface area contributed by atoms with E-state index in [1.165, 1.54) is 0 Å². The van der Waals surface area contributed by atoms with Crippen LogP contribution in [0.2, 0.25) is 0 Å². The number of nitrogens with zero attached hydrogens (tertiary/aromatic N) is 1. The molecule has 0 bridgehead atoms. The summed E-state index contributed by atoms with van der Waals surface area (Å²) in [5.41, 5.74) is 5.97. The van der Waals surface area contributed by atoms with E-state index in [0.717, 1.165) is 31.6 Å². The second kappa shape index (κ2) is 9.29. The number of hydrogen-bond acceptors (Lipinski definition) is 5. The molecule has 0 atom stereocenters. The molecule has 19 heavy (non-hydrogen) atoms. The lowest BCUT2D eigenvalue weighted by molar-refractivity contribution is -0.116. The molecule has 0 aliphatic carbocycles. The van der Waals surface area contributed by atoms with Crippen molar-refractivity contribution in [1.29, 1.82) is 0 Å². The molecule has 1 aromatic heterocycles. The maximum atomic E-state index is 11.3. The van der Waals surface area contributed by atoms with E-state index in [9.17, 15) is 4.79 Å². The quantitative estimate of drug-likeness (QED) is 0.498. The molecule has 0 aliphatic rings. The average molecular weight is 266 g/mol. The predicted molar refractivity (Wildman–Crippen MR) is 76.0 cm³/mol. The summed E-state index contributed by atoms with van der Waals surface area (Å²) in [5, 5.41) is 14.5. The van der Waals surface area contributed by atoms with Gasteiger partial charge < -0.3 is 21.5 Å². The molecule has 0 fully saturated rings. The summed E-state index contributed by atoms with van der Waals surface area (Å²) in [6, 6.07) is 3.63. The molecule has 0 radical (unpaired) electrons. The Labute approximate surface area is 113 Å². The predicted octanol–water partition coefficient (Wildman–Crippen LogP) is 0.943. The number of unbranched alkanes of at least 4 members (excludes halogenated alkanes) is 2. The van der Waals surface area contributed by atoms with E-state index in [2.05, 4.69) is 15.6 Å². The number of rotatable bonds is 9. The first kappa shape index (κ1) is 15.4. The number of nitrogens with two attached hydrogens (primary N) is 1. The van der Waals surface area contributed by atoms with Gasteiger partial charge in [0.1, 0.15) is 5.82 Å². The normalized spacial score (nSPS) is 10.2. The summed E-state index contributed by atoms with van der Waals surface area (Å²) in [6.45, 7) is 1.41. The van der Waals surface area contributed by atoms with Gasteiger partial charge >= 0.3 is 0 Å². The molecule has 1 rings (SSSR count). The van der Waals surface area contributed by atoms with E-state index < -0.39 is 0 Å². The molecular formula is C13H22N4O2. The lowest BCUT2D eigenvalue weighted by Crippen LogP contribution is -2.16.